The summed E-state index contributed by atoms with van der Waals surface area (Å²) in [5.41, 5.74) is 8.98. The highest BCUT2D eigenvalue weighted by molar-refractivity contribution is 6.33. The van der Waals surface area contributed by atoms with Crippen molar-refractivity contribution in [1.82, 2.24) is 14.7 Å². The minimum atomic E-state index is -3.14. The summed E-state index contributed by atoms with van der Waals surface area (Å²) in [4.78, 5) is 34.0. The molecule has 4 aromatic rings. The number of carbonyl (C=O) groups excluding carboxylic acids is 2. The van der Waals surface area contributed by atoms with Gasteiger partial charge in [0, 0.05) is 17.4 Å². The van der Waals surface area contributed by atoms with Crippen LogP contribution in [0.5, 0.6) is 0 Å². The van der Waals surface area contributed by atoms with Crippen molar-refractivity contribution in [3.63, 3.8) is 0 Å². The monoisotopic (exact) mass is 801 g/mol. The summed E-state index contributed by atoms with van der Waals surface area (Å²) in [6.07, 6.45) is 2.83. The molecule has 0 aliphatic rings. The highest BCUT2D eigenvalue weighted by atomic mass is 35.5. The van der Waals surface area contributed by atoms with Crippen LogP contribution in [0, 0.1) is 5.41 Å². The molecule has 2 atom stereocenters. The number of halogens is 5. The Morgan fingerprint density at radius 2 is 1.62 bits per heavy atom. The maximum atomic E-state index is 14.0. The van der Waals surface area contributed by atoms with E-state index in [9.17, 15) is 27.2 Å². The molecule has 0 spiro atoms. The minimum absolute atomic E-state index is 0.107. The van der Waals surface area contributed by atoms with Crippen molar-refractivity contribution in [1.29, 1.82) is 0 Å². The van der Waals surface area contributed by atoms with E-state index in [4.69, 9.17) is 22.1 Å². The zero-order valence-corrected chi connectivity index (χ0v) is 33.0. The van der Waals surface area contributed by atoms with Crippen LogP contribution in [-0.4, -0.2) is 59.4 Å². The van der Waals surface area contributed by atoms with Crippen LogP contribution in [0.25, 0.3) is 11.1 Å². The van der Waals surface area contributed by atoms with E-state index >= 15 is 0 Å². The minimum Gasteiger partial charge on any atom is -0.447 e. The Kier molecular flexibility index (Phi) is 18.7. The number of ether oxygens (including phenoxy) is 1. The molecule has 0 bridgehead atoms. The number of alkyl halides is 4. The standard InChI is InChI=1S/C32H30ClF4N9O3.C5H12.C2H6/c1-20(21-8-10-22(11-9-21)24-15-40-45(16-24)29(34)35)42-31(38)44(19-47)28(17-49-32(48)43-25-6-4-3-5-7-25)23-12-13-26(33)27(14-23)46(30(36)37)41-18-39-2;1-5(2,3)4;1-2/h3-16,18-20,28-30H,2,17H2,1H3,(H2,38,42)(H,43,48);1-4H3;1-2H3/b41-18-;;. The van der Waals surface area contributed by atoms with Gasteiger partial charge in [-0.05, 0) is 60.0 Å². The van der Waals surface area contributed by atoms with Crippen LogP contribution in [-0.2, 0) is 9.53 Å². The number of para-hydroxylation sites is 1. The van der Waals surface area contributed by atoms with Gasteiger partial charge in [0.2, 0.25) is 6.41 Å². The summed E-state index contributed by atoms with van der Waals surface area (Å²) in [7, 11) is 0. The number of aliphatic imine (C=N–C) groups is 2. The van der Waals surface area contributed by atoms with Crippen molar-refractivity contribution in [2.75, 3.05) is 16.9 Å². The van der Waals surface area contributed by atoms with Gasteiger partial charge < -0.3 is 10.5 Å². The Hall–Kier alpha value is -5.77. The van der Waals surface area contributed by atoms with Crippen LogP contribution in [0.15, 0.2) is 100 Å². The van der Waals surface area contributed by atoms with E-state index < -0.39 is 37.9 Å². The Morgan fingerprint density at radius 3 is 2.16 bits per heavy atom. The Morgan fingerprint density at radius 1 is 1.02 bits per heavy atom. The third-order valence-electron chi connectivity index (χ3n) is 7.00. The first-order chi connectivity index (χ1) is 26.5. The van der Waals surface area contributed by atoms with E-state index in [1.54, 1.807) is 61.5 Å². The van der Waals surface area contributed by atoms with Crippen LogP contribution < -0.4 is 16.1 Å². The molecular weight excluding hydrogens is 754 g/mol. The molecule has 12 nitrogen and oxygen atoms in total. The van der Waals surface area contributed by atoms with Crippen LogP contribution in [0.4, 0.5) is 33.7 Å². The molecule has 17 heteroatoms. The van der Waals surface area contributed by atoms with E-state index in [1.165, 1.54) is 30.6 Å². The van der Waals surface area contributed by atoms with Crippen molar-refractivity contribution in [2.45, 2.75) is 73.6 Å². The molecule has 1 aromatic heterocycles. The summed E-state index contributed by atoms with van der Waals surface area (Å²) in [5, 5.41) is 9.97. The van der Waals surface area contributed by atoms with Crippen molar-refractivity contribution >= 4 is 54.5 Å². The SMILES string of the molecule is C=N/C=N\N(c1cc(C(COC(=O)Nc2ccccc2)N(C=O)C(N)=NC(C)c2ccc(-c3cnn(C(F)F)c3)cc2)ccc1Cl)C(F)F.CC.CC(C)(C)C. The molecule has 56 heavy (non-hydrogen) atoms. The van der Waals surface area contributed by atoms with Gasteiger partial charge in [0.25, 0.3) is 0 Å². The number of nitrogens with one attached hydrogen (secondary N) is 1. The Labute approximate surface area is 329 Å². The molecule has 2 unspecified atom stereocenters. The summed E-state index contributed by atoms with van der Waals surface area (Å²) in [5.74, 6) is -0.294. The smallest absolute Gasteiger partial charge is 0.411 e. The van der Waals surface area contributed by atoms with E-state index in [1.807, 2.05) is 13.8 Å². The largest absolute Gasteiger partial charge is 0.447 e. The third kappa shape index (κ3) is 14.8. The molecule has 1 heterocycles. The fourth-order valence-electron chi connectivity index (χ4n) is 4.56. The zero-order valence-electron chi connectivity index (χ0n) is 32.3. The molecule has 0 radical (unpaired) electrons. The zero-order chi connectivity index (χ0) is 42.0. The number of hydrogen-bond donors (Lipinski definition) is 2. The van der Waals surface area contributed by atoms with Gasteiger partial charge in [-0.15, -0.1) is 0 Å². The second-order valence-electron chi connectivity index (χ2n) is 13.1. The molecule has 0 saturated carbocycles. The highest BCUT2D eigenvalue weighted by Crippen LogP contribution is 2.34. The first-order valence-electron chi connectivity index (χ1n) is 17.4. The number of hydrogen-bond acceptors (Lipinski definition) is 7. The molecule has 4 rings (SSSR count). The summed E-state index contributed by atoms with van der Waals surface area (Å²) < 4.78 is 59.8. The first kappa shape index (κ1) is 46.4. The average Bonchev–Trinajstić information content (AvgIpc) is 3.66. The fraction of sp³-hybridized carbons (Fsp3) is 0.333. The number of carbonyl (C=O) groups is 2. The fourth-order valence-corrected chi connectivity index (χ4v) is 4.77. The lowest BCUT2D eigenvalue weighted by Crippen LogP contribution is -2.42. The molecule has 302 valence electrons. The number of nitrogens with two attached hydrogens (primary N) is 1. The molecule has 0 fully saturated rings. The van der Waals surface area contributed by atoms with E-state index in [0.29, 0.717) is 43.9 Å². The second-order valence-corrected chi connectivity index (χ2v) is 13.5. The van der Waals surface area contributed by atoms with Gasteiger partial charge in [0.1, 0.15) is 12.9 Å². The van der Waals surface area contributed by atoms with Crippen molar-refractivity contribution < 1.29 is 31.9 Å². The van der Waals surface area contributed by atoms with Gasteiger partial charge in [-0.2, -0.15) is 27.8 Å². The van der Waals surface area contributed by atoms with Crippen molar-refractivity contribution in [3.8, 4) is 11.1 Å². The topological polar surface area (TPSA) is 143 Å². The number of rotatable bonds is 14. The van der Waals surface area contributed by atoms with Gasteiger partial charge in [-0.25, -0.2) is 19.5 Å². The second kappa shape index (κ2) is 22.6. The highest BCUT2D eigenvalue weighted by Gasteiger charge is 2.28. The van der Waals surface area contributed by atoms with E-state index in [2.05, 4.69) is 59.9 Å². The molecular formula is C39H48ClF4N9O3. The third-order valence-corrected chi connectivity index (χ3v) is 7.32. The lowest BCUT2D eigenvalue weighted by atomic mass is 10.0. The quantitative estimate of drug-likeness (QED) is 0.0325. The maximum absolute atomic E-state index is 14.0. The van der Waals surface area contributed by atoms with E-state index in [0.717, 1.165) is 11.2 Å². The molecule has 2 amide bonds. The van der Waals surface area contributed by atoms with Crippen LogP contribution >= 0.6 is 11.6 Å². The van der Waals surface area contributed by atoms with Crippen LogP contribution in [0.2, 0.25) is 5.02 Å². The number of anilines is 2. The molecule has 0 saturated heterocycles. The number of amides is 2. The predicted molar refractivity (Wildman–Crippen MR) is 215 cm³/mol. The lowest BCUT2D eigenvalue weighted by Gasteiger charge is -2.29. The molecule has 3 aromatic carbocycles. The van der Waals surface area contributed by atoms with Gasteiger partial charge in [0.05, 0.1) is 29.0 Å². The number of benzene rings is 3. The number of guanidine groups is 1. The molecule has 3 N–H and O–H groups in total. The van der Waals surface area contributed by atoms with Gasteiger partial charge in [-0.1, -0.05) is 102 Å². The lowest BCUT2D eigenvalue weighted by molar-refractivity contribution is -0.117. The van der Waals surface area contributed by atoms with Crippen LogP contribution in [0.1, 0.15) is 78.2 Å². The van der Waals surface area contributed by atoms with Crippen molar-refractivity contribution in [2.24, 2.45) is 26.2 Å². The van der Waals surface area contributed by atoms with Crippen LogP contribution in [0.3, 0.4) is 0 Å². The maximum Gasteiger partial charge on any atom is 0.411 e. The summed E-state index contributed by atoms with van der Waals surface area (Å²) >= 11 is 6.25. The Balaban J connectivity index is 0.00000143. The van der Waals surface area contributed by atoms with Gasteiger partial charge in [-0.3, -0.25) is 20.0 Å². The summed E-state index contributed by atoms with van der Waals surface area (Å²) in [6, 6.07) is 17.4. The molecule has 0 aliphatic carbocycles. The average molecular weight is 802 g/mol. The number of hydrazone groups is 1. The summed E-state index contributed by atoms with van der Waals surface area (Å²) in [6.45, 7) is 11.2. The number of nitrogens with zero attached hydrogens (tertiary/aromatic N) is 7. The van der Waals surface area contributed by atoms with E-state index in [-0.39, 0.29) is 22.2 Å². The Bertz CT molecular complexity index is 1880. The van der Waals surface area contributed by atoms with Gasteiger partial charge in [0.15, 0.2) is 5.96 Å². The first-order valence-corrected chi connectivity index (χ1v) is 17.7. The normalized spacial score (nSPS) is 12.5. The predicted octanol–water partition coefficient (Wildman–Crippen LogP) is 10.2. The van der Waals surface area contributed by atoms with Crippen molar-refractivity contribution in [3.05, 3.63) is 101 Å². The van der Waals surface area contributed by atoms with Gasteiger partial charge >= 0.3 is 19.2 Å². The number of aromatic nitrogens is 2. The molecule has 0 aliphatic heterocycles.